The molecule has 2 N–H and O–H groups in total. The van der Waals surface area contributed by atoms with Crippen LogP contribution in [0.15, 0.2) is 18.5 Å². The van der Waals surface area contributed by atoms with E-state index in [1.165, 1.54) is 5.57 Å². The summed E-state index contributed by atoms with van der Waals surface area (Å²) < 4.78 is 1.81. The van der Waals surface area contributed by atoms with Gasteiger partial charge in [0.25, 0.3) is 0 Å². The van der Waals surface area contributed by atoms with Gasteiger partial charge in [-0.1, -0.05) is 13.0 Å². The van der Waals surface area contributed by atoms with E-state index < -0.39 is 0 Å². The summed E-state index contributed by atoms with van der Waals surface area (Å²) in [6.45, 7) is 7.53. The summed E-state index contributed by atoms with van der Waals surface area (Å²) in [4.78, 5) is 13.2. The van der Waals surface area contributed by atoms with Crippen molar-refractivity contribution in [3.8, 4) is 0 Å². The van der Waals surface area contributed by atoms with Crippen LogP contribution in [0, 0.1) is 0 Å². The first-order valence-electron chi connectivity index (χ1n) is 7.95. The van der Waals surface area contributed by atoms with E-state index in [1.807, 2.05) is 24.0 Å². The lowest BCUT2D eigenvalue weighted by Crippen LogP contribution is -2.36. The average Bonchev–Trinajstić information content (AvgIpc) is 2.96. The Balaban J connectivity index is 1.84. The van der Waals surface area contributed by atoms with Gasteiger partial charge >= 0.3 is 0 Å². The molecule has 2 heterocycles. The smallest absolute Gasteiger partial charge is 0.216 e. The normalized spacial score (nSPS) is 17.1. The monoisotopic (exact) mass is 306 g/mol. The molecule has 1 aliphatic rings. The van der Waals surface area contributed by atoms with Crippen molar-refractivity contribution in [1.29, 1.82) is 0 Å². The first kappa shape index (κ1) is 16.7. The van der Waals surface area contributed by atoms with E-state index in [-0.39, 0.29) is 12.0 Å². The Morgan fingerprint density at radius 3 is 3.00 bits per heavy atom. The van der Waals surface area contributed by atoms with Crippen LogP contribution in [0.4, 0.5) is 0 Å². The van der Waals surface area contributed by atoms with E-state index in [0.717, 1.165) is 38.0 Å². The van der Waals surface area contributed by atoms with Crippen LogP contribution in [-0.4, -0.2) is 58.0 Å². The van der Waals surface area contributed by atoms with E-state index >= 15 is 0 Å². The molecule has 6 nitrogen and oxygen atoms in total. The van der Waals surface area contributed by atoms with E-state index in [2.05, 4.69) is 21.4 Å². The van der Waals surface area contributed by atoms with E-state index in [1.54, 1.807) is 6.92 Å². The molecule has 1 aromatic heterocycles. The molecule has 0 unspecified atom stereocenters. The zero-order chi connectivity index (χ0) is 15.9. The van der Waals surface area contributed by atoms with Crippen molar-refractivity contribution in [3.05, 3.63) is 24.0 Å². The molecule has 0 saturated heterocycles. The fourth-order valence-electron chi connectivity index (χ4n) is 2.54. The molecule has 1 amide bonds. The molecule has 0 aliphatic carbocycles. The quantitative estimate of drug-likeness (QED) is 0.784. The number of hydrogen-bond acceptors (Lipinski definition) is 4. The Morgan fingerprint density at radius 1 is 1.55 bits per heavy atom. The van der Waals surface area contributed by atoms with Gasteiger partial charge in [0.15, 0.2) is 0 Å². The summed E-state index contributed by atoms with van der Waals surface area (Å²) in [7, 11) is 0. The summed E-state index contributed by atoms with van der Waals surface area (Å²) in [5.74, 6) is 0.0231. The second-order valence-electron chi connectivity index (χ2n) is 5.78. The van der Waals surface area contributed by atoms with Gasteiger partial charge in [0.1, 0.15) is 0 Å². The Kier molecular flexibility index (Phi) is 6.15. The topological polar surface area (TPSA) is 70.4 Å². The Morgan fingerprint density at radius 2 is 2.36 bits per heavy atom. The third-order valence-corrected chi connectivity index (χ3v) is 3.97. The molecule has 0 aromatic carbocycles. The number of nitrogens with zero attached hydrogens (tertiary/aromatic N) is 3. The molecule has 0 saturated carbocycles. The fraction of sp³-hybridized carbons (Fsp3) is 0.625. The van der Waals surface area contributed by atoms with Crippen LogP contribution in [-0.2, 0) is 11.3 Å². The summed E-state index contributed by atoms with van der Waals surface area (Å²) in [5.41, 5.74) is 2.46. The fourth-order valence-corrected chi connectivity index (χ4v) is 2.54. The molecule has 1 aliphatic heterocycles. The predicted octanol–water partition coefficient (Wildman–Crippen LogP) is 0.879. The Hall–Kier alpha value is -1.66. The maximum atomic E-state index is 10.9. The number of aliphatic hydroxyl groups is 1. The minimum atomic E-state index is -0.336. The van der Waals surface area contributed by atoms with Gasteiger partial charge in [0.2, 0.25) is 5.91 Å². The van der Waals surface area contributed by atoms with Crippen molar-refractivity contribution in [2.45, 2.75) is 39.3 Å². The van der Waals surface area contributed by atoms with Gasteiger partial charge in [0, 0.05) is 44.9 Å². The lowest BCUT2D eigenvalue weighted by atomic mass is 10.0. The molecule has 6 heteroatoms. The Labute approximate surface area is 131 Å². The molecule has 0 spiro atoms. The first-order valence-corrected chi connectivity index (χ1v) is 7.95. The summed E-state index contributed by atoms with van der Waals surface area (Å²) in [6, 6.07) is 0. The second-order valence-corrected chi connectivity index (χ2v) is 5.78. The molecule has 1 atom stereocenters. The average molecular weight is 306 g/mol. The number of aliphatic hydroxyl groups excluding tert-OH is 1. The number of aromatic nitrogens is 2. The highest BCUT2D eigenvalue weighted by molar-refractivity contribution is 5.72. The third kappa shape index (κ3) is 4.96. The van der Waals surface area contributed by atoms with Crippen LogP contribution in [0.3, 0.4) is 0 Å². The third-order valence-electron chi connectivity index (χ3n) is 3.97. The SMILES string of the molecule is CC[C@@H](O)Cn1cc(C2=CCN(CCNC(C)=O)CC2)cn1. The minimum Gasteiger partial charge on any atom is -0.391 e. The zero-order valence-electron chi connectivity index (χ0n) is 13.5. The number of rotatable bonds is 7. The highest BCUT2D eigenvalue weighted by Gasteiger charge is 2.14. The summed E-state index contributed by atoms with van der Waals surface area (Å²) >= 11 is 0. The van der Waals surface area contributed by atoms with Crippen LogP contribution >= 0.6 is 0 Å². The van der Waals surface area contributed by atoms with E-state index in [9.17, 15) is 9.90 Å². The Bertz CT molecular complexity index is 524. The molecule has 0 bridgehead atoms. The number of nitrogens with one attached hydrogen (secondary N) is 1. The highest BCUT2D eigenvalue weighted by atomic mass is 16.3. The van der Waals surface area contributed by atoms with Crippen molar-refractivity contribution in [2.24, 2.45) is 0 Å². The molecular weight excluding hydrogens is 280 g/mol. The molecule has 1 aromatic rings. The van der Waals surface area contributed by atoms with Crippen LogP contribution in [0.1, 0.15) is 32.3 Å². The molecule has 22 heavy (non-hydrogen) atoms. The second kappa shape index (κ2) is 8.10. The van der Waals surface area contributed by atoms with Crippen molar-refractivity contribution in [2.75, 3.05) is 26.2 Å². The van der Waals surface area contributed by atoms with Gasteiger partial charge in [-0.3, -0.25) is 14.4 Å². The summed E-state index contributed by atoms with van der Waals surface area (Å²) in [6.07, 6.45) is 7.51. The maximum absolute atomic E-state index is 10.9. The maximum Gasteiger partial charge on any atom is 0.216 e. The van der Waals surface area contributed by atoms with Gasteiger partial charge in [0.05, 0.1) is 18.8 Å². The number of carbonyl (C=O) groups excluding carboxylic acids is 1. The van der Waals surface area contributed by atoms with Crippen LogP contribution in [0.25, 0.3) is 5.57 Å². The van der Waals surface area contributed by atoms with Gasteiger partial charge in [-0.15, -0.1) is 0 Å². The molecule has 2 rings (SSSR count). The number of carbonyl (C=O) groups is 1. The highest BCUT2D eigenvalue weighted by Crippen LogP contribution is 2.21. The molecule has 122 valence electrons. The van der Waals surface area contributed by atoms with Crippen LogP contribution < -0.4 is 5.32 Å². The standard InChI is InChI=1S/C16H26N4O2/c1-3-16(22)12-20-11-15(10-18-20)14-4-7-19(8-5-14)9-6-17-13(2)21/h4,10-11,16,22H,3,5-9,12H2,1-2H3,(H,17,21)/t16-/m1/s1. The van der Waals surface area contributed by atoms with Crippen molar-refractivity contribution >= 4 is 11.5 Å². The van der Waals surface area contributed by atoms with Gasteiger partial charge in [-0.25, -0.2) is 0 Å². The minimum absolute atomic E-state index is 0.0231. The number of hydrogen-bond donors (Lipinski definition) is 2. The van der Waals surface area contributed by atoms with Crippen molar-refractivity contribution < 1.29 is 9.90 Å². The summed E-state index contributed by atoms with van der Waals surface area (Å²) in [5, 5.41) is 16.8. The van der Waals surface area contributed by atoms with Gasteiger partial charge < -0.3 is 10.4 Å². The van der Waals surface area contributed by atoms with Gasteiger partial charge in [-0.2, -0.15) is 5.10 Å². The van der Waals surface area contributed by atoms with E-state index in [0.29, 0.717) is 13.1 Å². The van der Waals surface area contributed by atoms with Crippen molar-refractivity contribution in [3.63, 3.8) is 0 Å². The van der Waals surface area contributed by atoms with Gasteiger partial charge in [-0.05, 0) is 18.4 Å². The van der Waals surface area contributed by atoms with Crippen LogP contribution in [0.5, 0.6) is 0 Å². The van der Waals surface area contributed by atoms with Crippen molar-refractivity contribution in [1.82, 2.24) is 20.0 Å². The first-order chi connectivity index (χ1) is 10.6. The van der Waals surface area contributed by atoms with E-state index in [4.69, 9.17) is 0 Å². The molecule has 0 fully saturated rings. The number of amides is 1. The zero-order valence-corrected chi connectivity index (χ0v) is 13.5. The lowest BCUT2D eigenvalue weighted by Gasteiger charge is -2.25. The largest absolute Gasteiger partial charge is 0.391 e. The molecular formula is C16H26N4O2. The molecule has 0 radical (unpaired) electrons. The lowest BCUT2D eigenvalue weighted by molar-refractivity contribution is -0.119. The van der Waals surface area contributed by atoms with Crippen LogP contribution in [0.2, 0.25) is 0 Å². The predicted molar refractivity (Wildman–Crippen MR) is 86.2 cm³/mol.